The van der Waals surface area contributed by atoms with Gasteiger partial charge in [0.2, 0.25) is 0 Å². The molecule has 1 aliphatic carbocycles. The van der Waals surface area contributed by atoms with Crippen LogP contribution >= 0.6 is 0 Å². The van der Waals surface area contributed by atoms with Crippen molar-refractivity contribution in [1.29, 1.82) is 0 Å². The maximum atomic E-state index is 10.8. The van der Waals surface area contributed by atoms with Gasteiger partial charge in [0.25, 0.3) is 0 Å². The summed E-state index contributed by atoms with van der Waals surface area (Å²) >= 11 is 0. The van der Waals surface area contributed by atoms with Gasteiger partial charge in [-0.1, -0.05) is 6.92 Å². The van der Waals surface area contributed by atoms with Crippen LogP contribution < -0.4 is 0 Å². The molecule has 2 unspecified atom stereocenters. The van der Waals surface area contributed by atoms with Crippen LogP contribution in [-0.2, 0) is 9.59 Å². The zero-order chi connectivity index (χ0) is 10.1. The summed E-state index contributed by atoms with van der Waals surface area (Å²) in [6.45, 7) is 1.90. The molecule has 4 heteroatoms. The van der Waals surface area contributed by atoms with Gasteiger partial charge in [-0.25, -0.2) is 0 Å². The molecule has 4 nitrogen and oxygen atoms in total. The predicted molar refractivity (Wildman–Crippen MR) is 45.3 cm³/mol. The van der Waals surface area contributed by atoms with Gasteiger partial charge < -0.3 is 10.2 Å². The molecule has 0 aromatic carbocycles. The van der Waals surface area contributed by atoms with E-state index >= 15 is 0 Å². The lowest BCUT2D eigenvalue weighted by Crippen LogP contribution is -2.17. The first-order chi connectivity index (χ1) is 5.99. The third kappa shape index (κ3) is 1.99. The quantitative estimate of drug-likeness (QED) is 0.679. The summed E-state index contributed by atoms with van der Waals surface area (Å²) in [4.78, 5) is 21.0. The molecule has 2 N–H and O–H groups in total. The molecule has 13 heavy (non-hydrogen) atoms. The summed E-state index contributed by atoms with van der Waals surface area (Å²) in [5.41, 5.74) is -0.602. The third-order valence-corrected chi connectivity index (χ3v) is 2.89. The molecule has 1 rings (SSSR count). The van der Waals surface area contributed by atoms with Gasteiger partial charge in [0.15, 0.2) is 0 Å². The van der Waals surface area contributed by atoms with Crippen molar-refractivity contribution in [2.75, 3.05) is 0 Å². The minimum absolute atomic E-state index is 0.0712. The van der Waals surface area contributed by atoms with Crippen LogP contribution in [0, 0.1) is 11.3 Å². The molecule has 0 heterocycles. The molecule has 0 amide bonds. The van der Waals surface area contributed by atoms with Gasteiger partial charge >= 0.3 is 11.9 Å². The van der Waals surface area contributed by atoms with Crippen LogP contribution in [-0.4, -0.2) is 22.2 Å². The molecule has 1 saturated carbocycles. The Morgan fingerprint density at radius 3 is 2.31 bits per heavy atom. The van der Waals surface area contributed by atoms with Crippen molar-refractivity contribution in [1.82, 2.24) is 0 Å². The molecule has 0 saturated heterocycles. The van der Waals surface area contributed by atoms with Crippen molar-refractivity contribution in [3.63, 3.8) is 0 Å². The fourth-order valence-corrected chi connectivity index (χ4v) is 1.80. The Morgan fingerprint density at radius 2 is 2.00 bits per heavy atom. The second-order valence-electron chi connectivity index (χ2n) is 3.81. The van der Waals surface area contributed by atoms with E-state index in [9.17, 15) is 9.59 Å². The number of rotatable bonds is 5. The maximum Gasteiger partial charge on any atom is 0.309 e. The number of hydrogen-bond acceptors (Lipinski definition) is 2. The van der Waals surface area contributed by atoms with Crippen molar-refractivity contribution in [3.05, 3.63) is 0 Å². The van der Waals surface area contributed by atoms with E-state index in [-0.39, 0.29) is 12.3 Å². The smallest absolute Gasteiger partial charge is 0.309 e. The summed E-state index contributed by atoms with van der Waals surface area (Å²) in [6.07, 6.45) is 1.73. The van der Waals surface area contributed by atoms with Crippen molar-refractivity contribution < 1.29 is 19.8 Å². The van der Waals surface area contributed by atoms with Crippen molar-refractivity contribution in [2.24, 2.45) is 11.3 Å². The summed E-state index contributed by atoms with van der Waals surface area (Å²) in [7, 11) is 0. The molecule has 1 fully saturated rings. The number of carboxylic acids is 2. The first-order valence-corrected chi connectivity index (χ1v) is 4.44. The van der Waals surface area contributed by atoms with E-state index in [2.05, 4.69) is 0 Å². The second kappa shape index (κ2) is 3.36. The highest BCUT2D eigenvalue weighted by atomic mass is 16.4. The molecule has 0 aliphatic heterocycles. The van der Waals surface area contributed by atoms with Crippen molar-refractivity contribution in [2.45, 2.75) is 32.6 Å². The van der Waals surface area contributed by atoms with Gasteiger partial charge in [0.1, 0.15) is 0 Å². The van der Waals surface area contributed by atoms with E-state index in [1.165, 1.54) is 0 Å². The fourth-order valence-electron chi connectivity index (χ4n) is 1.80. The largest absolute Gasteiger partial charge is 0.481 e. The summed E-state index contributed by atoms with van der Waals surface area (Å²) < 4.78 is 0. The minimum Gasteiger partial charge on any atom is -0.481 e. The van der Waals surface area contributed by atoms with E-state index < -0.39 is 17.4 Å². The third-order valence-electron chi connectivity index (χ3n) is 2.89. The lowest BCUT2D eigenvalue weighted by molar-refractivity contribution is -0.145. The van der Waals surface area contributed by atoms with Crippen LogP contribution in [0.25, 0.3) is 0 Å². The molecular formula is C9H14O4. The molecule has 0 bridgehead atoms. The number of carbonyl (C=O) groups is 2. The first-order valence-electron chi connectivity index (χ1n) is 4.44. The summed E-state index contributed by atoms with van der Waals surface area (Å²) in [6, 6.07) is 0. The van der Waals surface area contributed by atoms with Crippen LogP contribution in [0.3, 0.4) is 0 Å². The fraction of sp³-hybridized carbons (Fsp3) is 0.778. The highest BCUT2D eigenvalue weighted by molar-refractivity contribution is 5.78. The summed E-state index contributed by atoms with van der Waals surface area (Å²) in [5.74, 6) is -1.42. The first kappa shape index (κ1) is 10.0. The lowest BCUT2D eigenvalue weighted by Gasteiger charge is -2.09. The summed E-state index contributed by atoms with van der Waals surface area (Å²) in [5, 5.41) is 17.3. The van der Waals surface area contributed by atoms with Crippen LogP contribution in [0.5, 0.6) is 0 Å². The molecule has 2 atom stereocenters. The van der Waals surface area contributed by atoms with Crippen molar-refractivity contribution in [3.8, 4) is 0 Å². The number of aliphatic carboxylic acids is 2. The van der Waals surface area contributed by atoms with Gasteiger partial charge in [-0.2, -0.15) is 0 Å². The van der Waals surface area contributed by atoms with Gasteiger partial charge in [0.05, 0.1) is 5.41 Å². The van der Waals surface area contributed by atoms with Gasteiger partial charge in [-0.3, -0.25) is 9.59 Å². The Morgan fingerprint density at radius 1 is 1.46 bits per heavy atom. The second-order valence-corrected chi connectivity index (χ2v) is 3.81. The Kier molecular flexibility index (Phi) is 2.59. The standard InChI is InChI=1S/C9H14O4/c1-6-5-9(6,8(12)13)4-2-3-7(10)11/h6H,2-5H2,1H3,(H,10,11)(H,12,13). The topological polar surface area (TPSA) is 74.6 Å². The molecule has 0 radical (unpaired) electrons. The zero-order valence-corrected chi connectivity index (χ0v) is 7.62. The average molecular weight is 186 g/mol. The van der Waals surface area contributed by atoms with Gasteiger partial charge in [-0.05, 0) is 25.2 Å². The highest BCUT2D eigenvalue weighted by Gasteiger charge is 2.56. The SMILES string of the molecule is CC1CC1(CCCC(=O)O)C(=O)O. The minimum atomic E-state index is -0.853. The molecule has 0 aromatic heterocycles. The average Bonchev–Trinajstić information content (AvgIpc) is 2.62. The van der Waals surface area contributed by atoms with E-state index in [0.717, 1.165) is 0 Å². The monoisotopic (exact) mass is 186 g/mol. The van der Waals surface area contributed by atoms with Gasteiger partial charge in [-0.15, -0.1) is 0 Å². The Balaban J connectivity index is 2.35. The zero-order valence-electron chi connectivity index (χ0n) is 7.62. The number of hydrogen-bond donors (Lipinski definition) is 2. The van der Waals surface area contributed by atoms with E-state index in [0.29, 0.717) is 19.3 Å². The highest BCUT2D eigenvalue weighted by Crippen LogP contribution is 2.55. The molecule has 74 valence electrons. The van der Waals surface area contributed by atoms with Crippen LogP contribution in [0.4, 0.5) is 0 Å². The van der Waals surface area contributed by atoms with Crippen LogP contribution in [0.1, 0.15) is 32.6 Å². The van der Waals surface area contributed by atoms with Gasteiger partial charge in [0, 0.05) is 6.42 Å². The number of carboxylic acid groups (broad SMARTS) is 2. The van der Waals surface area contributed by atoms with E-state index in [1.807, 2.05) is 6.92 Å². The maximum absolute atomic E-state index is 10.8. The van der Waals surface area contributed by atoms with Crippen LogP contribution in [0.2, 0.25) is 0 Å². The normalized spacial score (nSPS) is 31.3. The Bertz CT molecular complexity index is 236. The predicted octanol–water partition coefficient (Wildman–Crippen LogP) is 1.35. The van der Waals surface area contributed by atoms with Crippen molar-refractivity contribution >= 4 is 11.9 Å². The molecular weight excluding hydrogens is 172 g/mol. The van der Waals surface area contributed by atoms with Crippen LogP contribution in [0.15, 0.2) is 0 Å². The Labute approximate surface area is 76.6 Å². The molecule has 1 aliphatic rings. The lowest BCUT2D eigenvalue weighted by atomic mass is 9.97. The van der Waals surface area contributed by atoms with E-state index in [4.69, 9.17) is 10.2 Å². The Hall–Kier alpha value is -1.06. The van der Waals surface area contributed by atoms with E-state index in [1.54, 1.807) is 0 Å². The molecule has 0 aromatic rings. The molecule has 0 spiro atoms.